The zero-order valence-corrected chi connectivity index (χ0v) is 18.5. The lowest BCUT2D eigenvalue weighted by Crippen LogP contribution is -2.35. The molecule has 0 aliphatic carbocycles. The van der Waals surface area contributed by atoms with E-state index in [9.17, 15) is 0 Å². The average molecular weight is 445 g/mol. The van der Waals surface area contributed by atoms with Crippen molar-refractivity contribution in [3.63, 3.8) is 0 Å². The highest BCUT2D eigenvalue weighted by Crippen LogP contribution is 2.24. The van der Waals surface area contributed by atoms with Crippen molar-refractivity contribution in [2.75, 3.05) is 31.6 Å². The summed E-state index contributed by atoms with van der Waals surface area (Å²) in [6.07, 6.45) is 6.91. The van der Waals surface area contributed by atoms with Crippen molar-refractivity contribution in [3.05, 3.63) is 48.2 Å². The fourth-order valence-corrected chi connectivity index (χ4v) is 3.79. The van der Waals surface area contributed by atoms with Gasteiger partial charge in [0, 0.05) is 43.3 Å². The van der Waals surface area contributed by atoms with Crippen molar-refractivity contribution >= 4 is 16.7 Å². The van der Waals surface area contributed by atoms with Gasteiger partial charge in [0.1, 0.15) is 11.8 Å². The first-order valence-electron chi connectivity index (χ1n) is 10.8. The number of rotatable bonds is 6. The first-order valence-corrected chi connectivity index (χ1v) is 10.8. The number of pyridine rings is 2. The van der Waals surface area contributed by atoms with E-state index >= 15 is 0 Å². The van der Waals surface area contributed by atoms with Crippen molar-refractivity contribution < 1.29 is 4.74 Å². The van der Waals surface area contributed by atoms with Crippen LogP contribution in [0.3, 0.4) is 0 Å². The van der Waals surface area contributed by atoms with Gasteiger partial charge < -0.3 is 10.1 Å². The molecular weight excluding hydrogens is 420 g/mol. The molecule has 5 rings (SSSR count). The third-order valence-corrected chi connectivity index (χ3v) is 5.34. The summed E-state index contributed by atoms with van der Waals surface area (Å²) in [5.41, 5.74) is 3.68. The fourth-order valence-electron chi connectivity index (χ4n) is 3.79. The maximum atomic E-state index is 9.11. The Hall–Kier alpha value is -3.88. The first-order chi connectivity index (χ1) is 16.1. The number of anilines is 1. The molecule has 1 N–H and O–H groups in total. The summed E-state index contributed by atoms with van der Waals surface area (Å²) in [6.45, 7) is 8.16. The number of morpholine rings is 1. The van der Waals surface area contributed by atoms with Crippen LogP contribution < -0.4 is 5.32 Å². The van der Waals surface area contributed by atoms with Crippen LogP contribution in [0, 0.1) is 11.3 Å². The van der Waals surface area contributed by atoms with E-state index in [0.717, 1.165) is 55.3 Å². The summed E-state index contributed by atoms with van der Waals surface area (Å²) in [6, 6.07) is 5.98. The Bertz CT molecular complexity index is 1310. The molecule has 11 heteroatoms. The van der Waals surface area contributed by atoms with Gasteiger partial charge >= 0.3 is 0 Å². The molecule has 1 aliphatic rings. The van der Waals surface area contributed by atoms with Crippen molar-refractivity contribution in [2.24, 2.45) is 0 Å². The van der Waals surface area contributed by atoms with Crippen molar-refractivity contribution in [1.29, 1.82) is 5.26 Å². The minimum atomic E-state index is 0.195. The summed E-state index contributed by atoms with van der Waals surface area (Å²) in [7, 11) is 0. The van der Waals surface area contributed by atoms with Crippen LogP contribution >= 0.6 is 0 Å². The van der Waals surface area contributed by atoms with Gasteiger partial charge in [-0.25, -0.2) is 14.6 Å². The Balaban J connectivity index is 1.47. The minimum Gasteiger partial charge on any atom is -0.381 e. The molecule has 0 radical (unpaired) electrons. The smallest absolute Gasteiger partial charge is 0.164 e. The fraction of sp³-hybridized carbons (Fsp3) is 0.364. The molecule has 4 aromatic rings. The Labute approximate surface area is 190 Å². The number of ether oxygens (including phenoxy) is 1. The van der Waals surface area contributed by atoms with Crippen LogP contribution in [0.1, 0.15) is 25.1 Å². The normalized spacial score (nSPS) is 14.6. The first kappa shape index (κ1) is 21.0. The van der Waals surface area contributed by atoms with Gasteiger partial charge in [-0.1, -0.05) is 5.21 Å². The van der Waals surface area contributed by atoms with E-state index in [0.29, 0.717) is 17.0 Å². The Morgan fingerprint density at radius 3 is 2.79 bits per heavy atom. The quantitative estimate of drug-likeness (QED) is 0.475. The molecule has 0 aromatic carbocycles. The second kappa shape index (κ2) is 8.93. The lowest BCUT2D eigenvalue weighted by molar-refractivity contribution is 0.0336. The Morgan fingerprint density at radius 1 is 1.15 bits per heavy atom. The second-order valence-corrected chi connectivity index (χ2v) is 8.21. The van der Waals surface area contributed by atoms with Crippen LogP contribution in [0.5, 0.6) is 0 Å². The van der Waals surface area contributed by atoms with Gasteiger partial charge in [0.05, 0.1) is 48.7 Å². The topological polar surface area (TPSA) is 123 Å². The van der Waals surface area contributed by atoms with E-state index < -0.39 is 0 Å². The summed E-state index contributed by atoms with van der Waals surface area (Å²) in [5.74, 6) is 0.614. The van der Waals surface area contributed by atoms with Gasteiger partial charge in [0.25, 0.3) is 0 Å². The zero-order valence-electron chi connectivity index (χ0n) is 18.5. The van der Waals surface area contributed by atoms with Crippen LogP contribution in [0.2, 0.25) is 0 Å². The predicted octanol–water partition coefficient (Wildman–Crippen LogP) is 1.92. The molecule has 0 bridgehead atoms. The van der Waals surface area contributed by atoms with Gasteiger partial charge in [0.2, 0.25) is 0 Å². The molecule has 1 saturated heterocycles. The van der Waals surface area contributed by atoms with Crippen LogP contribution in [0.4, 0.5) is 5.69 Å². The number of hydrogen-bond acceptors (Lipinski definition) is 9. The van der Waals surface area contributed by atoms with Crippen LogP contribution in [0.15, 0.2) is 36.9 Å². The summed E-state index contributed by atoms with van der Waals surface area (Å²) < 4.78 is 8.83. The maximum Gasteiger partial charge on any atom is 0.164 e. The molecule has 0 unspecified atom stereocenters. The number of fused-ring (bicyclic) bond motifs is 1. The number of hydrogen-bond donors (Lipinski definition) is 1. The van der Waals surface area contributed by atoms with E-state index in [1.165, 1.54) is 6.20 Å². The standard InChI is InChI=1S/C22H24N10O/c1-15(2)27-19-8-21(32-22-17(11-26-32)7-16(9-23)10-25-22)24-12-20(19)31-14-18(28-29-31)13-30-3-5-33-6-4-30/h7-8,10-12,14-15H,3-6,13H2,1-2H3,(H,24,27). The van der Waals surface area contributed by atoms with E-state index in [1.54, 1.807) is 27.8 Å². The minimum absolute atomic E-state index is 0.195. The third-order valence-electron chi connectivity index (χ3n) is 5.34. The van der Waals surface area contributed by atoms with Crippen molar-refractivity contribution in [3.8, 4) is 17.6 Å². The van der Waals surface area contributed by atoms with Gasteiger partial charge in [-0.05, 0) is 19.9 Å². The van der Waals surface area contributed by atoms with Crippen LogP contribution in [-0.2, 0) is 11.3 Å². The van der Waals surface area contributed by atoms with E-state index in [1.807, 2.05) is 12.3 Å². The predicted molar refractivity (Wildman–Crippen MR) is 121 cm³/mol. The average Bonchev–Trinajstić information content (AvgIpc) is 3.46. The molecule has 1 aliphatic heterocycles. The molecule has 0 spiro atoms. The van der Waals surface area contributed by atoms with Crippen LogP contribution in [-0.4, -0.2) is 72.0 Å². The van der Waals surface area contributed by atoms with E-state index in [2.05, 4.69) is 55.5 Å². The van der Waals surface area contributed by atoms with Crippen molar-refractivity contribution in [1.82, 2.24) is 39.6 Å². The van der Waals surface area contributed by atoms with E-state index in [-0.39, 0.29) is 6.04 Å². The van der Waals surface area contributed by atoms with Crippen LogP contribution in [0.25, 0.3) is 22.5 Å². The van der Waals surface area contributed by atoms with Gasteiger partial charge in [0.15, 0.2) is 11.5 Å². The second-order valence-electron chi connectivity index (χ2n) is 8.21. The summed E-state index contributed by atoms with van der Waals surface area (Å²) in [4.78, 5) is 11.3. The SMILES string of the molecule is CC(C)Nc1cc(-n2ncc3cc(C#N)cnc32)ncc1-n1cc(CN2CCOCC2)nn1. The summed E-state index contributed by atoms with van der Waals surface area (Å²) >= 11 is 0. The lowest BCUT2D eigenvalue weighted by atomic mass is 10.2. The number of aromatic nitrogens is 7. The number of nitriles is 1. The van der Waals surface area contributed by atoms with Gasteiger partial charge in [-0.2, -0.15) is 15.0 Å². The Kier molecular flexibility index (Phi) is 5.68. The summed E-state index contributed by atoms with van der Waals surface area (Å²) in [5, 5.41) is 26.5. The number of nitrogens with one attached hydrogen (secondary N) is 1. The molecule has 168 valence electrons. The zero-order chi connectivity index (χ0) is 22.8. The van der Waals surface area contributed by atoms with Crippen molar-refractivity contribution in [2.45, 2.75) is 26.4 Å². The molecule has 33 heavy (non-hydrogen) atoms. The monoisotopic (exact) mass is 444 g/mol. The van der Waals surface area contributed by atoms with Gasteiger partial charge in [-0.15, -0.1) is 5.10 Å². The third kappa shape index (κ3) is 4.39. The molecular formula is C22H24N10O. The lowest BCUT2D eigenvalue weighted by Gasteiger charge is -2.25. The maximum absolute atomic E-state index is 9.11. The molecule has 11 nitrogen and oxygen atoms in total. The highest BCUT2D eigenvalue weighted by atomic mass is 16.5. The largest absolute Gasteiger partial charge is 0.381 e. The van der Waals surface area contributed by atoms with E-state index in [4.69, 9.17) is 10.00 Å². The molecule has 5 heterocycles. The molecule has 0 amide bonds. The molecule has 1 fully saturated rings. The van der Waals surface area contributed by atoms with Gasteiger partial charge in [-0.3, -0.25) is 4.90 Å². The molecule has 0 atom stereocenters. The highest BCUT2D eigenvalue weighted by molar-refractivity contribution is 5.77. The Morgan fingerprint density at radius 2 is 2.00 bits per heavy atom. The molecule has 4 aromatic heterocycles. The molecule has 0 saturated carbocycles. The highest BCUT2D eigenvalue weighted by Gasteiger charge is 2.16. The number of nitrogens with zero attached hydrogens (tertiary/aromatic N) is 9.